The number of piperazine rings is 1. The largest absolute Gasteiger partial charge is 0.478 e. The number of carboxylic acid groups (broad SMARTS) is 1. The first kappa shape index (κ1) is 27.7. The highest BCUT2D eigenvalue weighted by atomic mass is 19.1. The molecule has 0 spiro atoms. The van der Waals surface area contributed by atoms with Gasteiger partial charge in [-0.05, 0) is 54.7 Å². The van der Waals surface area contributed by atoms with Crippen LogP contribution < -0.4 is 20.0 Å². The van der Waals surface area contributed by atoms with Gasteiger partial charge in [-0.3, -0.25) is 14.5 Å². The van der Waals surface area contributed by atoms with Gasteiger partial charge < -0.3 is 25.0 Å². The third kappa shape index (κ3) is 5.17. The number of halogens is 2. The van der Waals surface area contributed by atoms with Crippen LogP contribution in [0.5, 0.6) is 0 Å². The van der Waals surface area contributed by atoms with E-state index in [-0.39, 0.29) is 42.0 Å². The molecule has 10 nitrogen and oxygen atoms in total. The number of hydrogen-bond acceptors (Lipinski definition) is 7. The Morgan fingerprint density at radius 2 is 1.67 bits per heavy atom. The monoisotopic (exact) mass is 580 g/mol. The van der Waals surface area contributed by atoms with Gasteiger partial charge in [0, 0.05) is 44.6 Å². The molecule has 2 heterocycles. The van der Waals surface area contributed by atoms with E-state index in [2.05, 4.69) is 5.32 Å². The van der Waals surface area contributed by atoms with Crippen molar-refractivity contribution in [1.29, 1.82) is 0 Å². The molecule has 2 aromatic rings. The average Bonchev–Trinajstić information content (AvgIpc) is 3.73. The van der Waals surface area contributed by atoms with Gasteiger partial charge in [0.2, 0.25) is 5.91 Å². The lowest BCUT2D eigenvalue weighted by molar-refractivity contribution is -0.132. The molecule has 3 fully saturated rings. The zero-order valence-electron chi connectivity index (χ0n) is 22.9. The van der Waals surface area contributed by atoms with Crippen molar-refractivity contribution in [3.8, 4) is 0 Å². The highest BCUT2D eigenvalue weighted by molar-refractivity contribution is 6.25. The van der Waals surface area contributed by atoms with Crippen LogP contribution >= 0.6 is 0 Å². The Morgan fingerprint density at radius 1 is 1.00 bits per heavy atom. The third-order valence-corrected chi connectivity index (χ3v) is 8.33. The van der Waals surface area contributed by atoms with E-state index < -0.39 is 35.6 Å². The Morgan fingerprint density at radius 3 is 2.29 bits per heavy atom. The van der Waals surface area contributed by atoms with Crippen molar-refractivity contribution >= 4 is 40.8 Å². The van der Waals surface area contributed by atoms with E-state index in [1.165, 1.54) is 24.0 Å². The van der Waals surface area contributed by atoms with E-state index in [4.69, 9.17) is 4.74 Å². The highest BCUT2D eigenvalue weighted by Gasteiger charge is 2.40. The number of hydrogen-bond donors (Lipinski definition) is 2. The summed E-state index contributed by atoms with van der Waals surface area (Å²) in [5.74, 6) is -3.33. The fourth-order valence-corrected chi connectivity index (χ4v) is 6.00. The highest BCUT2D eigenvalue weighted by Crippen LogP contribution is 2.48. The SMILES string of the molecule is CC(=O)NC[C@H]1CN(c2ccc(N3CCN(c4cc5c(cc4F)C(=O)C(C(=O)O)=CC5C4CC4)CC3)c(F)c2)C(=O)O1. The van der Waals surface area contributed by atoms with Gasteiger partial charge in [-0.15, -0.1) is 0 Å². The van der Waals surface area contributed by atoms with Crippen LogP contribution in [-0.2, 0) is 14.3 Å². The van der Waals surface area contributed by atoms with E-state index in [9.17, 15) is 24.3 Å². The molecule has 2 aromatic carbocycles. The minimum atomic E-state index is -1.30. The number of carboxylic acids is 1. The molecule has 2 amide bonds. The summed E-state index contributed by atoms with van der Waals surface area (Å²) >= 11 is 0. The van der Waals surface area contributed by atoms with E-state index in [1.807, 2.05) is 9.80 Å². The van der Waals surface area contributed by atoms with Crippen LogP contribution in [0, 0.1) is 17.6 Å². The van der Waals surface area contributed by atoms with E-state index >= 15 is 8.78 Å². The van der Waals surface area contributed by atoms with Crippen molar-refractivity contribution in [2.75, 3.05) is 54.0 Å². The van der Waals surface area contributed by atoms with Crippen LogP contribution in [0.15, 0.2) is 42.0 Å². The van der Waals surface area contributed by atoms with Gasteiger partial charge in [0.1, 0.15) is 23.3 Å². The Bertz CT molecular complexity index is 1520. The summed E-state index contributed by atoms with van der Waals surface area (Å²) in [4.78, 5) is 52.9. The topological polar surface area (TPSA) is 119 Å². The second-order valence-electron chi connectivity index (χ2n) is 11.1. The van der Waals surface area contributed by atoms with Crippen molar-refractivity contribution in [3.63, 3.8) is 0 Å². The number of carbonyl (C=O) groups excluding carboxylic acids is 3. The molecule has 12 heteroatoms. The van der Waals surface area contributed by atoms with Crippen LogP contribution in [0.2, 0.25) is 0 Å². The first-order chi connectivity index (χ1) is 20.1. The Labute approximate surface area is 240 Å². The molecule has 0 aromatic heterocycles. The minimum Gasteiger partial charge on any atom is -0.478 e. The smallest absolute Gasteiger partial charge is 0.414 e. The molecule has 2 N–H and O–H groups in total. The fourth-order valence-electron chi connectivity index (χ4n) is 6.00. The first-order valence-corrected chi connectivity index (χ1v) is 14.0. The van der Waals surface area contributed by atoms with Crippen molar-refractivity contribution < 1.29 is 37.8 Å². The van der Waals surface area contributed by atoms with Crippen LogP contribution in [0.4, 0.5) is 30.6 Å². The zero-order valence-corrected chi connectivity index (χ0v) is 22.9. The molecular formula is C30H30F2N4O6. The maximum Gasteiger partial charge on any atom is 0.414 e. The second-order valence-corrected chi connectivity index (χ2v) is 11.1. The van der Waals surface area contributed by atoms with Crippen molar-refractivity contribution in [3.05, 3.63) is 64.7 Å². The lowest BCUT2D eigenvalue weighted by atomic mass is 9.80. The number of fused-ring (bicyclic) bond motifs is 1. The predicted molar refractivity (Wildman–Crippen MR) is 149 cm³/mol. The standard InChI is InChI=1S/C30H30F2N4O6/c1-16(37)33-14-19-15-36(30(41)42-19)18-4-5-26(24(31)10-18)34-6-8-35(9-7-34)27-13-21-20(17-2-3-17)11-23(29(39)40)28(38)22(21)12-25(27)32/h4-5,10-13,17,19-20H,2-3,6-9,14-15H2,1H3,(H,33,37)(H,39,40)/t19-,20?/m0/s1. The molecule has 6 rings (SSSR count). The van der Waals surface area contributed by atoms with Crippen molar-refractivity contribution in [2.24, 2.45) is 5.92 Å². The molecule has 2 saturated heterocycles. The van der Waals surface area contributed by atoms with E-state index in [0.717, 1.165) is 18.9 Å². The molecule has 0 bridgehead atoms. The van der Waals surface area contributed by atoms with Gasteiger partial charge >= 0.3 is 12.1 Å². The summed E-state index contributed by atoms with van der Waals surface area (Å²) in [6.07, 6.45) is 2.22. The number of ether oxygens (including phenoxy) is 1. The number of nitrogens with zero attached hydrogens (tertiary/aromatic N) is 3. The molecule has 2 aliphatic carbocycles. The number of allylic oxidation sites excluding steroid dienone is 1. The minimum absolute atomic E-state index is 0.108. The Hall–Kier alpha value is -4.48. The number of Topliss-reactive ketones (excluding diaryl/α,β-unsaturated/α-hetero) is 1. The number of benzene rings is 2. The number of cyclic esters (lactones) is 1. The summed E-state index contributed by atoms with van der Waals surface area (Å²) in [5.41, 5.74) is 1.51. The number of rotatable bonds is 7. The Kier molecular flexibility index (Phi) is 7.07. The summed E-state index contributed by atoms with van der Waals surface area (Å²) < 4.78 is 35.9. The lowest BCUT2D eigenvalue weighted by Crippen LogP contribution is -2.47. The van der Waals surface area contributed by atoms with Gasteiger partial charge in [-0.1, -0.05) is 6.08 Å². The van der Waals surface area contributed by atoms with Crippen LogP contribution in [-0.4, -0.2) is 74.2 Å². The molecule has 1 saturated carbocycles. The van der Waals surface area contributed by atoms with Gasteiger partial charge in [-0.2, -0.15) is 0 Å². The van der Waals surface area contributed by atoms with Crippen LogP contribution in [0.1, 0.15) is 41.6 Å². The summed E-state index contributed by atoms with van der Waals surface area (Å²) in [6.45, 7) is 3.34. The summed E-state index contributed by atoms with van der Waals surface area (Å²) in [5, 5.41) is 12.1. The average molecular weight is 581 g/mol. The normalized spacial score (nSPS) is 22.1. The fraction of sp³-hybridized carbons (Fsp3) is 0.400. The number of anilines is 3. The van der Waals surface area contributed by atoms with E-state index in [0.29, 0.717) is 48.8 Å². The van der Waals surface area contributed by atoms with Gasteiger partial charge in [-0.25, -0.2) is 18.4 Å². The summed E-state index contributed by atoms with van der Waals surface area (Å²) in [7, 11) is 0. The maximum atomic E-state index is 15.3. The number of amides is 2. The molecule has 0 radical (unpaired) electrons. The maximum absolute atomic E-state index is 15.3. The second kappa shape index (κ2) is 10.7. The zero-order chi connectivity index (χ0) is 29.7. The molecular weight excluding hydrogens is 550 g/mol. The summed E-state index contributed by atoms with van der Waals surface area (Å²) in [6, 6.07) is 7.37. The number of ketones is 1. The third-order valence-electron chi connectivity index (χ3n) is 8.33. The number of carbonyl (C=O) groups is 4. The molecule has 4 aliphatic rings. The van der Waals surface area contributed by atoms with E-state index in [1.54, 1.807) is 18.2 Å². The molecule has 1 unspecified atom stereocenters. The molecule has 220 valence electrons. The molecule has 42 heavy (non-hydrogen) atoms. The Balaban J connectivity index is 1.15. The number of aliphatic carboxylic acids is 1. The van der Waals surface area contributed by atoms with Gasteiger partial charge in [0.25, 0.3) is 0 Å². The van der Waals surface area contributed by atoms with Crippen LogP contribution in [0.25, 0.3) is 0 Å². The quantitative estimate of drug-likeness (QED) is 0.478. The van der Waals surface area contributed by atoms with Crippen LogP contribution in [0.3, 0.4) is 0 Å². The molecule has 2 atom stereocenters. The van der Waals surface area contributed by atoms with Gasteiger partial charge in [0.05, 0.1) is 30.2 Å². The van der Waals surface area contributed by atoms with Crippen molar-refractivity contribution in [2.45, 2.75) is 31.8 Å². The molecule has 2 aliphatic heterocycles. The first-order valence-electron chi connectivity index (χ1n) is 14.0. The number of nitrogens with one attached hydrogen (secondary N) is 1. The lowest BCUT2D eigenvalue weighted by Gasteiger charge is -2.38. The van der Waals surface area contributed by atoms with Gasteiger partial charge in [0.15, 0.2) is 5.78 Å². The predicted octanol–water partition coefficient (Wildman–Crippen LogP) is 3.45. The van der Waals surface area contributed by atoms with Crippen molar-refractivity contribution in [1.82, 2.24) is 5.32 Å².